The van der Waals surface area contributed by atoms with E-state index in [0.29, 0.717) is 12.3 Å². The first-order valence-electron chi connectivity index (χ1n) is 5.83. The van der Waals surface area contributed by atoms with E-state index >= 15 is 0 Å². The van der Waals surface area contributed by atoms with Crippen LogP contribution in [0.25, 0.3) is 0 Å². The summed E-state index contributed by atoms with van der Waals surface area (Å²) in [4.78, 5) is 0. The number of nitrogens with one attached hydrogen (secondary N) is 1. The van der Waals surface area contributed by atoms with Crippen LogP contribution in [0.3, 0.4) is 0 Å². The van der Waals surface area contributed by atoms with Crippen LogP contribution in [0.15, 0.2) is 0 Å². The van der Waals surface area contributed by atoms with Crippen LogP contribution in [0.4, 0.5) is 0 Å². The van der Waals surface area contributed by atoms with Crippen molar-refractivity contribution in [3.63, 3.8) is 0 Å². The number of sulfone groups is 1. The minimum absolute atomic E-state index is 0.159. The molecule has 98 valence electrons. The molecular weight excluding hydrogens is 246 g/mol. The van der Waals surface area contributed by atoms with Crippen molar-refractivity contribution in [3.05, 3.63) is 0 Å². The Morgan fingerprint density at radius 1 is 1.25 bits per heavy atom. The molecule has 0 aromatic rings. The molecule has 0 atom stereocenters. The molecule has 0 radical (unpaired) electrons. The highest BCUT2D eigenvalue weighted by Crippen LogP contribution is 2.26. The van der Waals surface area contributed by atoms with E-state index in [1.165, 1.54) is 6.26 Å². The molecule has 16 heavy (non-hydrogen) atoms. The van der Waals surface area contributed by atoms with Crippen LogP contribution in [0.2, 0.25) is 0 Å². The van der Waals surface area contributed by atoms with Crippen molar-refractivity contribution in [2.75, 3.05) is 31.0 Å². The first-order chi connectivity index (χ1) is 7.39. The molecule has 0 aliphatic heterocycles. The van der Waals surface area contributed by atoms with E-state index in [0.717, 1.165) is 25.9 Å². The number of rotatable bonds is 9. The molecule has 5 heteroatoms. The average molecular weight is 270 g/mol. The molecule has 0 aromatic carbocycles. The predicted molar refractivity (Wildman–Crippen MR) is 70.9 cm³/mol. The van der Waals surface area contributed by atoms with E-state index in [2.05, 4.69) is 19.2 Å². The number of halogens is 1. The molecule has 0 saturated carbocycles. The molecule has 0 heterocycles. The van der Waals surface area contributed by atoms with Crippen LogP contribution in [-0.4, -0.2) is 39.4 Å². The van der Waals surface area contributed by atoms with E-state index in [4.69, 9.17) is 11.6 Å². The number of hydrogen-bond acceptors (Lipinski definition) is 3. The maximum atomic E-state index is 10.9. The van der Waals surface area contributed by atoms with Gasteiger partial charge in [-0.15, -0.1) is 11.6 Å². The molecule has 3 nitrogen and oxygen atoms in total. The molecule has 0 spiro atoms. The molecule has 0 fully saturated rings. The highest BCUT2D eigenvalue weighted by atomic mass is 35.5. The first kappa shape index (κ1) is 16.2. The summed E-state index contributed by atoms with van der Waals surface area (Å²) in [5, 5.41) is 3.30. The molecule has 0 rings (SSSR count). The zero-order valence-corrected chi connectivity index (χ0v) is 12.1. The summed E-state index contributed by atoms with van der Waals surface area (Å²) in [7, 11) is -2.82. The lowest BCUT2D eigenvalue weighted by atomic mass is 9.84. The predicted octanol–water partition coefficient (Wildman–Crippen LogP) is 2.06. The molecule has 1 N–H and O–H groups in total. The summed E-state index contributed by atoms with van der Waals surface area (Å²) in [6, 6.07) is 0. The Balaban J connectivity index is 3.80. The Morgan fingerprint density at radius 2 is 1.81 bits per heavy atom. The monoisotopic (exact) mass is 269 g/mol. The van der Waals surface area contributed by atoms with Crippen molar-refractivity contribution in [1.82, 2.24) is 5.32 Å². The largest absolute Gasteiger partial charge is 0.316 e. The van der Waals surface area contributed by atoms with Crippen LogP contribution < -0.4 is 5.32 Å². The second-order valence-electron chi connectivity index (χ2n) is 4.50. The summed E-state index contributed by atoms with van der Waals surface area (Å²) in [5.74, 6) is 0.908. The summed E-state index contributed by atoms with van der Waals surface area (Å²) < 4.78 is 21.8. The Hall–Kier alpha value is 0.200. The van der Waals surface area contributed by atoms with Gasteiger partial charge in [-0.05, 0) is 31.2 Å². The van der Waals surface area contributed by atoms with E-state index in [1.54, 1.807) is 0 Å². The quantitative estimate of drug-likeness (QED) is 0.515. The van der Waals surface area contributed by atoms with E-state index in [9.17, 15) is 8.42 Å². The standard InChI is InChI=1S/C11H24ClNO2S/c1-4-11(5-2,9-12)10-13-7-6-8-16(3,14)15/h13H,4-10H2,1-3H3. The fourth-order valence-corrected chi connectivity index (χ4v) is 2.69. The SMILES string of the molecule is CCC(CC)(CCl)CNCCCS(C)(=O)=O. The minimum atomic E-state index is -2.82. The van der Waals surface area contributed by atoms with Crippen LogP contribution in [-0.2, 0) is 9.84 Å². The van der Waals surface area contributed by atoms with Gasteiger partial charge in [0.2, 0.25) is 0 Å². The summed E-state index contributed by atoms with van der Waals surface area (Å²) in [5.41, 5.74) is 0.159. The molecule has 0 aliphatic rings. The second kappa shape index (κ2) is 7.51. The maximum Gasteiger partial charge on any atom is 0.147 e. The molecular formula is C11H24ClNO2S. The van der Waals surface area contributed by atoms with E-state index in [-0.39, 0.29) is 11.2 Å². The number of hydrogen-bond donors (Lipinski definition) is 1. The van der Waals surface area contributed by atoms with Gasteiger partial charge in [0.15, 0.2) is 0 Å². The Labute approximate surface area is 105 Å². The average Bonchev–Trinajstić information content (AvgIpc) is 2.23. The van der Waals surface area contributed by atoms with Gasteiger partial charge in [-0.3, -0.25) is 0 Å². The Morgan fingerprint density at radius 3 is 2.19 bits per heavy atom. The van der Waals surface area contributed by atoms with Gasteiger partial charge in [-0.1, -0.05) is 13.8 Å². The highest BCUT2D eigenvalue weighted by Gasteiger charge is 2.24. The third kappa shape index (κ3) is 6.71. The molecule has 0 amide bonds. The van der Waals surface area contributed by atoms with Crippen molar-refractivity contribution in [1.29, 1.82) is 0 Å². The Kier molecular flexibility index (Phi) is 7.61. The highest BCUT2D eigenvalue weighted by molar-refractivity contribution is 7.90. The van der Waals surface area contributed by atoms with Crippen LogP contribution in [0.5, 0.6) is 0 Å². The second-order valence-corrected chi connectivity index (χ2v) is 7.03. The topological polar surface area (TPSA) is 46.2 Å². The van der Waals surface area contributed by atoms with Crippen molar-refractivity contribution in [3.8, 4) is 0 Å². The van der Waals surface area contributed by atoms with Gasteiger partial charge < -0.3 is 5.32 Å². The first-order valence-corrected chi connectivity index (χ1v) is 8.43. The third-order valence-electron chi connectivity index (χ3n) is 3.15. The van der Waals surface area contributed by atoms with Gasteiger partial charge in [0.1, 0.15) is 9.84 Å². The lowest BCUT2D eigenvalue weighted by Crippen LogP contribution is -2.35. The van der Waals surface area contributed by atoms with Gasteiger partial charge >= 0.3 is 0 Å². The Bertz CT molecular complexity index is 265. The van der Waals surface area contributed by atoms with Gasteiger partial charge in [-0.25, -0.2) is 8.42 Å². The van der Waals surface area contributed by atoms with Crippen LogP contribution >= 0.6 is 11.6 Å². The molecule has 0 aliphatic carbocycles. The minimum Gasteiger partial charge on any atom is -0.316 e. The fraction of sp³-hybridized carbons (Fsp3) is 1.00. The summed E-state index contributed by atoms with van der Waals surface area (Å²) in [6.07, 6.45) is 4.04. The van der Waals surface area contributed by atoms with Gasteiger partial charge in [0.05, 0.1) is 5.75 Å². The van der Waals surface area contributed by atoms with E-state index in [1.807, 2.05) is 0 Å². The van der Waals surface area contributed by atoms with Crippen molar-refractivity contribution >= 4 is 21.4 Å². The molecule has 0 unspecified atom stereocenters. The zero-order valence-electron chi connectivity index (χ0n) is 10.6. The normalized spacial score (nSPS) is 13.0. The third-order valence-corrected chi connectivity index (χ3v) is 4.75. The van der Waals surface area contributed by atoms with Crippen molar-refractivity contribution in [2.45, 2.75) is 33.1 Å². The summed E-state index contributed by atoms with van der Waals surface area (Å²) >= 11 is 5.97. The fourth-order valence-electron chi connectivity index (χ4n) is 1.55. The van der Waals surface area contributed by atoms with E-state index < -0.39 is 9.84 Å². The molecule has 0 aromatic heterocycles. The van der Waals surface area contributed by atoms with Gasteiger partial charge in [0, 0.05) is 18.7 Å². The number of alkyl halides is 1. The lowest BCUT2D eigenvalue weighted by molar-refractivity contribution is 0.287. The van der Waals surface area contributed by atoms with Crippen molar-refractivity contribution in [2.24, 2.45) is 5.41 Å². The zero-order chi connectivity index (χ0) is 12.7. The van der Waals surface area contributed by atoms with Crippen molar-refractivity contribution < 1.29 is 8.42 Å². The lowest BCUT2D eigenvalue weighted by Gasteiger charge is -2.29. The van der Waals surface area contributed by atoms with Crippen LogP contribution in [0, 0.1) is 5.41 Å². The molecule has 0 bridgehead atoms. The smallest absolute Gasteiger partial charge is 0.147 e. The van der Waals surface area contributed by atoms with Gasteiger partial charge in [0.25, 0.3) is 0 Å². The molecule has 0 saturated heterocycles. The maximum absolute atomic E-state index is 10.9. The van der Waals surface area contributed by atoms with Gasteiger partial charge in [-0.2, -0.15) is 0 Å². The summed E-state index contributed by atoms with van der Waals surface area (Å²) in [6.45, 7) is 5.90. The van der Waals surface area contributed by atoms with Crippen LogP contribution in [0.1, 0.15) is 33.1 Å².